The highest BCUT2D eigenvalue weighted by Gasteiger charge is 2.12. The number of ether oxygens (including phenoxy) is 2. The summed E-state index contributed by atoms with van der Waals surface area (Å²) >= 11 is 1.48. The lowest BCUT2D eigenvalue weighted by Crippen LogP contribution is -2.03. The van der Waals surface area contributed by atoms with Crippen molar-refractivity contribution < 1.29 is 13.9 Å². The van der Waals surface area contributed by atoms with Crippen molar-refractivity contribution in [3.05, 3.63) is 35.8 Å². The maximum atomic E-state index is 13.8. The van der Waals surface area contributed by atoms with Gasteiger partial charge in [-0.05, 0) is 12.1 Å². The summed E-state index contributed by atoms with van der Waals surface area (Å²) in [5, 5.41) is 3.78. The van der Waals surface area contributed by atoms with Gasteiger partial charge in [-0.3, -0.25) is 0 Å². The number of benzene rings is 1. The van der Waals surface area contributed by atoms with Crippen LogP contribution in [0, 0.1) is 5.82 Å². The number of aromatic nitrogens is 2. The molecule has 2 heterocycles. The number of nitrogen functional groups attached to an aromatic ring is 1. The van der Waals surface area contributed by atoms with Gasteiger partial charge >= 0.3 is 0 Å². The van der Waals surface area contributed by atoms with E-state index in [0.717, 1.165) is 15.3 Å². The van der Waals surface area contributed by atoms with E-state index < -0.39 is 5.82 Å². The smallest absolute Gasteiger partial charge is 0.183 e. The molecule has 0 aliphatic heterocycles. The fourth-order valence-electron chi connectivity index (χ4n) is 2.10. The fraction of sp³-hybridized carbons (Fsp3) is 0.200. The zero-order chi connectivity index (χ0) is 16.4. The lowest BCUT2D eigenvalue weighted by atomic mass is 10.2. The highest BCUT2D eigenvalue weighted by Crippen LogP contribution is 2.36. The molecule has 23 heavy (non-hydrogen) atoms. The number of halogens is 1. The third-order valence-electron chi connectivity index (χ3n) is 3.26. The van der Waals surface area contributed by atoms with Crippen molar-refractivity contribution in [2.75, 3.05) is 25.2 Å². The third-order valence-corrected chi connectivity index (χ3v) is 4.28. The van der Waals surface area contributed by atoms with Crippen molar-refractivity contribution in [3.63, 3.8) is 0 Å². The van der Waals surface area contributed by atoms with Crippen LogP contribution in [0.5, 0.6) is 11.5 Å². The van der Waals surface area contributed by atoms with E-state index >= 15 is 0 Å². The minimum absolute atomic E-state index is 0.0465. The minimum Gasteiger partial charge on any atom is -0.494 e. The first-order valence-corrected chi connectivity index (χ1v) is 7.62. The molecular formula is C15H15FN4O2S. The highest BCUT2D eigenvalue weighted by atomic mass is 32.1. The van der Waals surface area contributed by atoms with Crippen LogP contribution in [-0.2, 0) is 6.61 Å². The van der Waals surface area contributed by atoms with E-state index in [1.807, 2.05) is 6.07 Å². The Labute approximate surface area is 136 Å². The molecule has 0 atom stereocenters. The van der Waals surface area contributed by atoms with Gasteiger partial charge < -0.3 is 20.5 Å². The number of anilines is 2. The predicted molar refractivity (Wildman–Crippen MR) is 88.7 cm³/mol. The predicted octanol–water partition coefficient (Wildman–Crippen LogP) is 3.04. The normalized spacial score (nSPS) is 10.7. The summed E-state index contributed by atoms with van der Waals surface area (Å²) in [5.74, 6) is 0.469. The van der Waals surface area contributed by atoms with E-state index in [1.165, 1.54) is 23.6 Å². The van der Waals surface area contributed by atoms with Gasteiger partial charge in [0.25, 0.3) is 0 Å². The molecule has 2 aromatic heterocycles. The number of methoxy groups -OCH3 is 1. The Morgan fingerprint density at radius 2 is 2.22 bits per heavy atom. The molecule has 0 fully saturated rings. The van der Waals surface area contributed by atoms with E-state index in [4.69, 9.17) is 15.2 Å². The van der Waals surface area contributed by atoms with Gasteiger partial charge in [-0.15, -0.1) is 0 Å². The number of hydrogen-bond acceptors (Lipinski definition) is 7. The lowest BCUT2D eigenvalue weighted by Gasteiger charge is -2.09. The number of nitrogens with one attached hydrogen (secondary N) is 1. The maximum Gasteiger partial charge on any atom is 0.183 e. The summed E-state index contributed by atoms with van der Waals surface area (Å²) in [6, 6.07) is 5.11. The van der Waals surface area contributed by atoms with E-state index in [2.05, 4.69) is 15.3 Å². The Bertz CT molecular complexity index is 853. The zero-order valence-corrected chi connectivity index (χ0v) is 13.4. The van der Waals surface area contributed by atoms with Crippen molar-refractivity contribution in [2.24, 2.45) is 0 Å². The summed E-state index contributed by atoms with van der Waals surface area (Å²) in [5.41, 5.74) is 6.55. The molecule has 3 N–H and O–H groups in total. The number of fused-ring (bicyclic) bond motifs is 1. The quantitative estimate of drug-likeness (QED) is 0.746. The molecule has 1 aromatic carbocycles. The van der Waals surface area contributed by atoms with Crippen LogP contribution < -0.4 is 20.5 Å². The highest BCUT2D eigenvalue weighted by molar-refractivity contribution is 7.22. The van der Waals surface area contributed by atoms with Crippen LogP contribution in [0.25, 0.3) is 10.2 Å². The molecule has 3 aromatic rings. The summed E-state index contributed by atoms with van der Waals surface area (Å²) < 4.78 is 25.8. The molecule has 6 nitrogen and oxygen atoms in total. The van der Waals surface area contributed by atoms with Crippen LogP contribution in [0.15, 0.2) is 24.4 Å². The van der Waals surface area contributed by atoms with E-state index in [-0.39, 0.29) is 12.4 Å². The molecule has 0 bridgehead atoms. The van der Waals surface area contributed by atoms with Gasteiger partial charge in [0.1, 0.15) is 23.6 Å². The maximum absolute atomic E-state index is 13.8. The largest absolute Gasteiger partial charge is 0.494 e. The average Bonchev–Trinajstić information content (AvgIpc) is 2.98. The first kappa shape index (κ1) is 15.3. The molecular weight excluding hydrogens is 319 g/mol. The Morgan fingerprint density at radius 3 is 2.96 bits per heavy atom. The van der Waals surface area contributed by atoms with Crippen molar-refractivity contribution in [1.29, 1.82) is 0 Å². The zero-order valence-electron chi connectivity index (χ0n) is 12.6. The molecule has 0 spiro atoms. The van der Waals surface area contributed by atoms with Gasteiger partial charge in [-0.1, -0.05) is 11.3 Å². The summed E-state index contributed by atoms with van der Waals surface area (Å²) in [7, 11) is 3.37. The van der Waals surface area contributed by atoms with Crippen molar-refractivity contribution in [1.82, 2.24) is 9.97 Å². The molecule has 0 radical (unpaired) electrons. The molecule has 0 aliphatic rings. The van der Waals surface area contributed by atoms with Crippen LogP contribution in [0.3, 0.4) is 0 Å². The summed E-state index contributed by atoms with van der Waals surface area (Å²) in [6.07, 6.45) is 1.45. The van der Waals surface area contributed by atoms with Gasteiger partial charge in [0.15, 0.2) is 16.8 Å². The van der Waals surface area contributed by atoms with Gasteiger partial charge in [0.05, 0.1) is 11.8 Å². The Kier molecular flexibility index (Phi) is 4.16. The number of nitrogens with zero attached hydrogens (tertiary/aromatic N) is 2. The van der Waals surface area contributed by atoms with E-state index in [9.17, 15) is 4.39 Å². The van der Waals surface area contributed by atoms with Crippen LogP contribution >= 0.6 is 11.3 Å². The second kappa shape index (κ2) is 6.25. The SMILES string of the molecule is CNc1nc2c(OC)cc(OCc3ccnc(N)c3F)cc2s1. The molecule has 8 heteroatoms. The lowest BCUT2D eigenvalue weighted by molar-refractivity contribution is 0.298. The standard InChI is InChI=1S/C15H15FN4O2S/c1-18-15-20-13-10(21-2)5-9(6-11(13)23-15)22-7-8-3-4-19-14(17)12(8)16/h3-6H,7H2,1-2H3,(H2,17,19)(H,18,20). The molecule has 0 unspecified atom stereocenters. The number of hydrogen-bond donors (Lipinski definition) is 2. The topological polar surface area (TPSA) is 82.3 Å². The van der Waals surface area contributed by atoms with Crippen LogP contribution in [0.4, 0.5) is 15.3 Å². The van der Waals surface area contributed by atoms with Gasteiger partial charge in [0, 0.05) is 24.9 Å². The van der Waals surface area contributed by atoms with Gasteiger partial charge in [-0.25, -0.2) is 14.4 Å². The van der Waals surface area contributed by atoms with Crippen molar-refractivity contribution in [3.8, 4) is 11.5 Å². The number of pyridine rings is 1. The van der Waals surface area contributed by atoms with E-state index in [0.29, 0.717) is 17.1 Å². The monoisotopic (exact) mass is 334 g/mol. The number of nitrogens with two attached hydrogens (primary N) is 1. The summed E-state index contributed by atoms with van der Waals surface area (Å²) in [4.78, 5) is 8.12. The van der Waals surface area contributed by atoms with E-state index in [1.54, 1.807) is 20.2 Å². The Hall–Kier alpha value is -2.61. The molecule has 3 rings (SSSR count). The first-order valence-electron chi connectivity index (χ1n) is 6.80. The number of rotatable bonds is 5. The van der Waals surface area contributed by atoms with Crippen molar-refractivity contribution in [2.45, 2.75) is 6.61 Å². The van der Waals surface area contributed by atoms with Crippen LogP contribution in [0.1, 0.15) is 5.56 Å². The second-order valence-electron chi connectivity index (χ2n) is 4.70. The fourth-order valence-corrected chi connectivity index (χ4v) is 2.96. The van der Waals surface area contributed by atoms with Gasteiger partial charge in [-0.2, -0.15) is 0 Å². The molecule has 0 aliphatic carbocycles. The Balaban J connectivity index is 1.89. The molecule has 120 valence electrons. The van der Waals surface area contributed by atoms with Crippen molar-refractivity contribution >= 4 is 32.5 Å². The third kappa shape index (κ3) is 2.98. The number of thiazole rings is 1. The minimum atomic E-state index is -0.559. The summed E-state index contributed by atoms with van der Waals surface area (Å²) in [6.45, 7) is 0.0465. The molecule has 0 amide bonds. The Morgan fingerprint density at radius 1 is 1.39 bits per heavy atom. The average molecular weight is 334 g/mol. The first-order chi connectivity index (χ1) is 11.1. The molecule has 0 saturated heterocycles. The molecule has 0 saturated carbocycles. The van der Waals surface area contributed by atoms with Crippen LogP contribution in [-0.4, -0.2) is 24.1 Å². The van der Waals surface area contributed by atoms with Gasteiger partial charge in [0.2, 0.25) is 0 Å². The second-order valence-corrected chi connectivity index (χ2v) is 5.73. The van der Waals surface area contributed by atoms with Crippen LogP contribution in [0.2, 0.25) is 0 Å².